The molecule has 0 radical (unpaired) electrons. The first-order chi connectivity index (χ1) is 8.32. The van der Waals surface area contributed by atoms with Crippen LogP contribution in [0.1, 0.15) is 15.9 Å². The van der Waals surface area contributed by atoms with E-state index in [2.05, 4.69) is 9.97 Å². The second-order valence-electron chi connectivity index (χ2n) is 3.43. The lowest BCUT2D eigenvalue weighted by molar-refractivity contribution is -0.136. The number of aromatic carboxylic acids is 1. The molecule has 0 amide bonds. The highest BCUT2D eigenvalue weighted by atomic mass is 19.4. The monoisotopic (exact) mass is 258 g/mol. The Morgan fingerprint density at radius 1 is 1.39 bits per heavy atom. The van der Waals surface area contributed by atoms with Crippen LogP contribution in [0, 0.1) is 0 Å². The summed E-state index contributed by atoms with van der Waals surface area (Å²) < 4.78 is 38.6. The number of aromatic nitrogens is 2. The Balaban J connectivity index is 3.04. The molecule has 2 heterocycles. The molecule has 0 aliphatic heterocycles. The third-order valence-corrected chi connectivity index (χ3v) is 2.31. The molecule has 0 aromatic carbocycles. The Bertz CT molecular complexity index is 691. The smallest absolute Gasteiger partial charge is 0.418 e. The number of fused-ring (bicyclic) bond motifs is 1. The summed E-state index contributed by atoms with van der Waals surface area (Å²) >= 11 is 0. The standard InChI is InChI=1S/C10H5F3N2O3/c11-10(12,13)7-4-1-2-14-3-5(4)15-8(16)6(7)9(17)18/h1-3H,(H,15,16)(H,17,18). The van der Waals surface area contributed by atoms with E-state index in [9.17, 15) is 22.8 Å². The molecule has 18 heavy (non-hydrogen) atoms. The fourth-order valence-electron chi connectivity index (χ4n) is 1.64. The molecule has 94 valence electrons. The Kier molecular flexibility index (Phi) is 2.57. The molecule has 0 aliphatic rings. The van der Waals surface area contributed by atoms with Gasteiger partial charge in [-0.15, -0.1) is 0 Å². The van der Waals surface area contributed by atoms with E-state index in [0.717, 1.165) is 18.5 Å². The van der Waals surface area contributed by atoms with Crippen LogP contribution in [0.3, 0.4) is 0 Å². The van der Waals surface area contributed by atoms with E-state index in [1.54, 1.807) is 0 Å². The van der Waals surface area contributed by atoms with Crippen molar-refractivity contribution in [3.63, 3.8) is 0 Å². The summed E-state index contributed by atoms with van der Waals surface area (Å²) in [5.74, 6) is -1.93. The minimum Gasteiger partial charge on any atom is -0.477 e. The van der Waals surface area contributed by atoms with E-state index in [1.807, 2.05) is 0 Å². The molecule has 2 rings (SSSR count). The predicted octanol–water partition coefficient (Wildman–Crippen LogP) is 1.64. The van der Waals surface area contributed by atoms with Crippen LogP contribution in [0.25, 0.3) is 10.9 Å². The van der Waals surface area contributed by atoms with E-state index in [0.29, 0.717) is 0 Å². The molecule has 0 saturated heterocycles. The number of hydrogen-bond donors (Lipinski definition) is 2. The number of halogens is 3. The maximum atomic E-state index is 12.9. The van der Waals surface area contributed by atoms with Crippen LogP contribution in [0.15, 0.2) is 23.3 Å². The molecule has 0 atom stereocenters. The fraction of sp³-hybridized carbons (Fsp3) is 0.100. The van der Waals surface area contributed by atoms with Crippen molar-refractivity contribution in [1.29, 1.82) is 0 Å². The second-order valence-corrected chi connectivity index (χ2v) is 3.43. The van der Waals surface area contributed by atoms with E-state index in [4.69, 9.17) is 5.11 Å². The Labute approximate surface area is 96.9 Å². The molecular weight excluding hydrogens is 253 g/mol. The van der Waals surface area contributed by atoms with Crippen LogP contribution in [0.2, 0.25) is 0 Å². The van der Waals surface area contributed by atoms with Gasteiger partial charge < -0.3 is 10.1 Å². The molecule has 0 fully saturated rings. The van der Waals surface area contributed by atoms with Crippen LogP contribution in [0.5, 0.6) is 0 Å². The molecule has 0 spiro atoms. The van der Waals surface area contributed by atoms with E-state index < -0.39 is 34.2 Å². The third kappa shape index (κ3) is 1.81. The van der Waals surface area contributed by atoms with E-state index in [1.165, 1.54) is 0 Å². The normalized spacial score (nSPS) is 11.7. The zero-order valence-corrected chi connectivity index (χ0v) is 8.58. The summed E-state index contributed by atoms with van der Waals surface area (Å²) in [6, 6.07) is 1.00. The van der Waals surface area contributed by atoms with Crippen molar-refractivity contribution in [2.24, 2.45) is 0 Å². The molecule has 0 aliphatic carbocycles. The number of carboxylic acid groups (broad SMARTS) is 1. The van der Waals surface area contributed by atoms with Gasteiger partial charge in [0.25, 0.3) is 5.56 Å². The number of nitrogens with one attached hydrogen (secondary N) is 1. The van der Waals surface area contributed by atoms with Crippen LogP contribution < -0.4 is 5.56 Å². The maximum Gasteiger partial charge on any atom is 0.418 e. The van der Waals surface area contributed by atoms with Gasteiger partial charge in [-0.3, -0.25) is 9.78 Å². The van der Waals surface area contributed by atoms with Gasteiger partial charge in [0, 0.05) is 11.6 Å². The fourth-order valence-corrected chi connectivity index (χ4v) is 1.64. The molecular formula is C10H5F3N2O3. The number of carbonyl (C=O) groups is 1. The lowest BCUT2D eigenvalue weighted by Gasteiger charge is -2.12. The lowest BCUT2D eigenvalue weighted by Crippen LogP contribution is -2.25. The molecule has 2 N–H and O–H groups in total. The minimum absolute atomic E-state index is 0.167. The number of carboxylic acids is 1. The van der Waals surface area contributed by atoms with Gasteiger partial charge >= 0.3 is 12.1 Å². The number of rotatable bonds is 1. The van der Waals surface area contributed by atoms with Crippen molar-refractivity contribution in [2.75, 3.05) is 0 Å². The van der Waals surface area contributed by atoms with Gasteiger partial charge in [-0.2, -0.15) is 13.2 Å². The van der Waals surface area contributed by atoms with Crippen molar-refractivity contribution >= 4 is 16.9 Å². The average Bonchev–Trinajstić information content (AvgIpc) is 2.25. The number of aromatic amines is 1. The van der Waals surface area contributed by atoms with Crippen LogP contribution in [0.4, 0.5) is 13.2 Å². The summed E-state index contributed by atoms with van der Waals surface area (Å²) in [5.41, 5.74) is -4.26. The van der Waals surface area contributed by atoms with Gasteiger partial charge in [0.05, 0.1) is 17.3 Å². The number of pyridine rings is 2. The van der Waals surface area contributed by atoms with Crippen LogP contribution in [-0.2, 0) is 6.18 Å². The van der Waals surface area contributed by atoms with Crippen molar-refractivity contribution in [1.82, 2.24) is 9.97 Å². The minimum atomic E-state index is -4.94. The molecule has 2 aromatic heterocycles. The summed E-state index contributed by atoms with van der Waals surface area (Å²) in [6.07, 6.45) is -2.83. The highest BCUT2D eigenvalue weighted by Gasteiger charge is 2.39. The molecule has 2 aromatic rings. The summed E-state index contributed by atoms with van der Waals surface area (Å²) in [4.78, 5) is 27.8. The van der Waals surface area contributed by atoms with E-state index >= 15 is 0 Å². The second kappa shape index (κ2) is 3.83. The topological polar surface area (TPSA) is 83.0 Å². The molecule has 5 nitrogen and oxygen atoms in total. The van der Waals surface area contributed by atoms with Crippen molar-refractivity contribution in [3.8, 4) is 0 Å². The van der Waals surface area contributed by atoms with Crippen LogP contribution in [-0.4, -0.2) is 21.0 Å². The van der Waals surface area contributed by atoms with Crippen molar-refractivity contribution in [3.05, 3.63) is 39.9 Å². The van der Waals surface area contributed by atoms with Crippen molar-refractivity contribution < 1.29 is 23.1 Å². The SMILES string of the molecule is O=C(O)c1c(C(F)(F)F)c2ccncc2[nH]c1=O. The summed E-state index contributed by atoms with van der Waals surface area (Å²) in [7, 11) is 0. The molecule has 0 unspecified atom stereocenters. The van der Waals surface area contributed by atoms with Gasteiger partial charge in [0.1, 0.15) is 5.56 Å². The predicted molar refractivity (Wildman–Crippen MR) is 54.3 cm³/mol. The molecule has 0 saturated carbocycles. The number of nitrogens with zero attached hydrogens (tertiary/aromatic N) is 1. The Hall–Kier alpha value is -2.38. The number of alkyl halides is 3. The average molecular weight is 258 g/mol. The Morgan fingerprint density at radius 2 is 2.06 bits per heavy atom. The van der Waals surface area contributed by atoms with Gasteiger partial charge in [0.2, 0.25) is 0 Å². The largest absolute Gasteiger partial charge is 0.477 e. The lowest BCUT2D eigenvalue weighted by atomic mass is 10.0. The highest BCUT2D eigenvalue weighted by Crippen LogP contribution is 2.35. The first kappa shape index (κ1) is 12.1. The highest BCUT2D eigenvalue weighted by molar-refractivity contribution is 5.96. The van der Waals surface area contributed by atoms with Gasteiger partial charge in [0.15, 0.2) is 0 Å². The zero-order chi connectivity index (χ0) is 13.5. The summed E-state index contributed by atoms with van der Waals surface area (Å²) in [6.45, 7) is 0. The Morgan fingerprint density at radius 3 is 2.61 bits per heavy atom. The molecule has 8 heteroatoms. The van der Waals surface area contributed by atoms with Crippen molar-refractivity contribution in [2.45, 2.75) is 6.18 Å². The van der Waals surface area contributed by atoms with Gasteiger partial charge in [-0.05, 0) is 6.07 Å². The van der Waals surface area contributed by atoms with Gasteiger partial charge in [-0.25, -0.2) is 4.79 Å². The zero-order valence-electron chi connectivity index (χ0n) is 8.58. The third-order valence-electron chi connectivity index (χ3n) is 2.31. The van der Waals surface area contributed by atoms with Gasteiger partial charge in [-0.1, -0.05) is 0 Å². The van der Waals surface area contributed by atoms with Crippen LogP contribution >= 0.6 is 0 Å². The first-order valence-corrected chi connectivity index (χ1v) is 4.63. The quantitative estimate of drug-likeness (QED) is 0.814. The number of H-pyrrole nitrogens is 1. The van der Waals surface area contributed by atoms with E-state index in [-0.39, 0.29) is 5.52 Å². The molecule has 0 bridgehead atoms. The summed E-state index contributed by atoms with van der Waals surface area (Å²) in [5, 5.41) is 8.33. The first-order valence-electron chi connectivity index (χ1n) is 4.63. The maximum absolute atomic E-state index is 12.9. The number of hydrogen-bond acceptors (Lipinski definition) is 3.